The number of urea groups is 1. The molecular formula is C12H12N4O5. The van der Waals surface area contributed by atoms with E-state index in [9.17, 15) is 9.59 Å². The molecule has 0 fully saturated rings. The number of carboxylic acids is 1. The number of carbonyl (C=O) groups excluding carboxylic acids is 1. The Balaban J connectivity index is 1.79. The number of rotatable bonds is 6. The van der Waals surface area contributed by atoms with Crippen LogP contribution in [-0.2, 0) is 11.3 Å². The Hall–Kier alpha value is -3.10. The summed E-state index contributed by atoms with van der Waals surface area (Å²) in [6.45, 7) is -0.278. The van der Waals surface area contributed by atoms with Crippen molar-refractivity contribution in [2.24, 2.45) is 0 Å². The maximum atomic E-state index is 11.6. The second kappa shape index (κ2) is 6.89. The predicted molar refractivity (Wildman–Crippen MR) is 69.7 cm³/mol. The summed E-state index contributed by atoms with van der Waals surface area (Å²) >= 11 is 0. The number of nitrogens with one attached hydrogen (secondary N) is 2. The van der Waals surface area contributed by atoms with Crippen LogP contribution in [0.15, 0.2) is 35.2 Å². The molecule has 0 aliphatic heterocycles. The minimum Gasteiger partial charge on any atom is -0.482 e. The van der Waals surface area contributed by atoms with Gasteiger partial charge in [-0.1, -0.05) is 5.16 Å². The molecule has 2 amide bonds. The molecule has 0 aliphatic carbocycles. The van der Waals surface area contributed by atoms with Crippen molar-refractivity contribution in [1.29, 1.82) is 0 Å². The van der Waals surface area contributed by atoms with Crippen LogP contribution in [0.5, 0.6) is 5.75 Å². The van der Waals surface area contributed by atoms with Gasteiger partial charge in [-0.3, -0.25) is 0 Å². The van der Waals surface area contributed by atoms with Crippen LogP contribution in [0.1, 0.15) is 5.82 Å². The summed E-state index contributed by atoms with van der Waals surface area (Å²) in [5.41, 5.74) is 0.531. The highest BCUT2D eigenvalue weighted by Gasteiger charge is 2.05. The van der Waals surface area contributed by atoms with Crippen molar-refractivity contribution in [3.63, 3.8) is 0 Å². The number of carboxylic acid groups (broad SMARTS) is 1. The summed E-state index contributed by atoms with van der Waals surface area (Å²) in [5, 5.41) is 17.2. The summed E-state index contributed by atoms with van der Waals surface area (Å²) in [4.78, 5) is 25.7. The van der Waals surface area contributed by atoms with Crippen molar-refractivity contribution in [3.8, 4) is 5.75 Å². The van der Waals surface area contributed by atoms with E-state index < -0.39 is 18.6 Å². The Morgan fingerprint density at radius 2 is 2.05 bits per heavy atom. The fourth-order valence-electron chi connectivity index (χ4n) is 1.38. The number of hydrogen-bond donors (Lipinski definition) is 3. The second-order valence-electron chi connectivity index (χ2n) is 3.86. The van der Waals surface area contributed by atoms with Crippen LogP contribution in [0.2, 0.25) is 0 Å². The quantitative estimate of drug-likeness (QED) is 0.720. The third kappa shape index (κ3) is 4.82. The van der Waals surface area contributed by atoms with Crippen LogP contribution >= 0.6 is 0 Å². The predicted octanol–water partition coefficient (Wildman–Crippen LogP) is 0.855. The minimum absolute atomic E-state index is 0.141. The van der Waals surface area contributed by atoms with Gasteiger partial charge in [-0.25, -0.2) is 9.59 Å². The van der Waals surface area contributed by atoms with Gasteiger partial charge in [0.2, 0.25) is 6.39 Å². The van der Waals surface area contributed by atoms with Gasteiger partial charge in [0.1, 0.15) is 5.75 Å². The molecule has 0 spiro atoms. The minimum atomic E-state index is -1.06. The highest BCUT2D eigenvalue weighted by molar-refractivity contribution is 5.89. The normalized spacial score (nSPS) is 9.90. The number of nitrogens with zero attached hydrogens (tertiary/aromatic N) is 2. The first-order valence-corrected chi connectivity index (χ1v) is 5.88. The van der Waals surface area contributed by atoms with Gasteiger partial charge in [-0.2, -0.15) is 4.98 Å². The maximum Gasteiger partial charge on any atom is 0.341 e. The molecule has 0 aliphatic rings. The largest absolute Gasteiger partial charge is 0.482 e. The van der Waals surface area contributed by atoms with Crippen molar-refractivity contribution in [3.05, 3.63) is 36.5 Å². The molecule has 2 rings (SSSR count). The van der Waals surface area contributed by atoms with Gasteiger partial charge in [0, 0.05) is 5.69 Å². The number of hydrogen-bond acceptors (Lipinski definition) is 6. The van der Waals surface area contributed by atoms with Crippen molar-refractivity contribution in [1.82, 2.24) is 15.5 Å². The SMILES string of the molecule is O=C(O)COc1ccc(NC(=O)NCc2ncon2)cc1. The van der Waals surface area contributed by atoms with Crippen LogP contribution in [-0.4, -0.2) is 33.9 Å². The van der Waals surface area contributed by atoms with E-state index in [1.165, 1.54) is 6.39 Å². The zero-order valence-electron chi connectivity index (χ0n) is 10.8. The Labute approximate surface area is 118 Å². The van der Waals surface area contributed by atoms with E-state index in [1.54, 1.807) is 24.3 Å². The van der Waals surface area contributed by atoms with E-state index in [0.717, 1.165) is 0 Å². The smallest absolute Gasteiger partial charge is 0.341 e. The van der Waals surface area contributed by atoms with Crippen LogP contribution < -0.4 is 15.4 Å². The summed E-state index contributed by atoms with van der Waals surface area (Å²) in [7, 11) is 0. The summed E-state index contributed by atoms with van der Waals surface area (Å²) in [6.07, 6.45) is 1.17. The van der Waals surface area contributed by atoms with Gasteiger partial charge < -0.3 is 25.0 Å². The van der Waals surface area contributed by atoms with Crippen LogP contribution in [0.25, 0.3) is 0 Å². The zero-order valence-corrected chi connectivity index (χ0v) is 10.8. The molecular weight excluding hydrogens is 280 g/mol. The molecule has 1 heterocycles. The fourth-order valence-corrected chi connectivity index (χ4v) is 1.38. The molecule has 0 saturated carbocycles. The molecule has 1 aromatic carbocycles. The zero-order chi connectivity index (χ0) is 15.1. The molecule has 0 atom stereocenters. The average molecular weight is 292 g/mol. The third-order valence-electron chi connectivity index (χ3n) is 2.29. The van der Waals surface area contributed by atoms with Crippen LogP contribution in [0.4, 0.5) is 10.5 Å². The van der Waals surface area contributed by atoms with E-state index in [2.05, 4.69) is 25.3 Å². The Kier molecular flexibility index (Phi) is 4.70. The molecule has 3 N–H and O–H groups in total. The molecule has 0 bridgehead atoms. The molecule has 0 radical (unpaired) electrons. The van der Waals surface area contributed by atoms with Gasteiger partial charge in [-0.05, 0) is 24.3 Å². The second-order valence-corrected chi connectivity index (χ2v) is 3.86. The van der Waals surface area contributed by atoms with Gasteiger partial charge in [0.15, 0.2) is 12.4 Å². The van der Waals surface area contributed by atoms with Crippen LogP contribution in [0.3, 0.4) is 0 Å². The third-order valence-corrected chi connectivity index (χ3v) is 2.29. The van der Waals surface area contributed by atoms with E-state index >= 15 is 0 Å². The summed E-state index contributed by atoms with van der Waals surface area (Å²) < 4.78 is 9.50. The molecule has 110 valence electrons. The number of benzene rings is 1. The van der Waals surface area contributed by atoms with Crippen molar-refractivity contribution in [2.75, 3.05) is 11.9 Å². The summed E-state index contributed by atoms with van der Waals surface area (Å²) in [6, 6.07) is 5.85. The molecule has 9 nitrogen and oxygen atoms in total. The lowest BCUT2D eigenvalue weighted by atomic mass is 10.3. The first-order chi connectivity index (χ1) is 10.1. The number of aromatic nitrogens is 2. The lowest BCUT2D eigenvalue weighted by molar-refractivity contribution is -0.139. The van der Waals surface area contributed by atoms with Gasteiger partial charge in [-0.15, -0.1) is 0 Å². The monoisotopic (exact) mass is 292 g/mol. The lowest BCUT2D eigenvalue weighted by Crippen LogP contribution is -2.28. The Morgan fingerprint density at radius 1 is 1.29 bits per heavy atom. The number of carbonyl (C=O) groups is 2. The number of aliphatic carboxylic acids is 1. The number of ether oxygens (including phenoxy) is 1. The topological polar surface area (TPSA) is 127 Å². The average Bonchev–Trinajstić information content (AvgIpc) is 2.98. The number of anilines is 1. The van der Waals surface area contributed by atoms with E-state index in [-0.39, 0.29) is 6.54 Å². The van der Waals surface area contributed by atoms with E-state index in [4.69, 9.17) is 9.84 Å². The van der Waals surface area contributed by atoms with Crippen molar-refractivity contribution in [2.45, 2.75) is 6.54 Å². The molecule has 1 aromatic heterocycles. The van der Waals surface area contributed by atoms with Gasteiger partial charge in [0.25, 0.3) is 0 Å². The molecule has 21 heavy (non-hydrogen) atoms. The lowest BCUT2D eigenvalue weighted by Gasteiger charge is -2.07. The fraction of sp³-hybridized carbons (Fsp3) is 0.167. The highest BCUT2D eigenvalue weighted by atomic mass is 16.5. The Morgan fingerprint density at radius 3 is 2.67 bits per heavy atom. The van der Waals surface area contributed by atoms with Crippen molar-refractivity contribution >= 4 is 17.7 Å². The first kappa shape index (κ1) is 14.3. The molecule has 9 heteroatoms. The number of amides is 2. The van der Waals surface area contributed by atoms with Gasteiger partial charge >= 0.3 is 12.0 Å². The molecule has 2 aromatic rings. The van der Waals surface area contributed by atoms with E-state index in [1.807, 2.05) is 0 Å². The van der Waals surface area contributed by atoms with Crippen LogP contribution in [0, 0.1) is 0 Å². The van der Waals surface area contributed by atoms with E-state index in [0.29, 0.717) is 17.3 Å². The first-order valence-electron chi connectivity index (χ1n) is 5.88. The standard InChI is InChI=1S/C12H12N4O5/c17-11(18)6-20-9-3-1-8(2-4-9)15-12(19)13-5-10-14-7-21-16-10/h1-4,7H,5-6H2,(H,17,18)(H2,13,15,19). The maximum absolute atomic E-state index is 11.6. The Bertz CT molecular complexity index is 597. The molecule has 0 saturated heterocycles. The highest BCUT2D eigenvalue weighted by Crippen LogP contribution is 2.15. The summed E-state index contributed by atoms with van der Waals surface area (Å²) in [5.74, 6) is -0.296. The van der Waals surface area contributed by atoms with Gasteiger partial charge in [0.05, 0.1) is 6.54 Å². The molecule has 0 unspecified atom stereocenters. The van der Waals surface area contributed by atoms with Crippen molar-refractivity contribution < 1.29 is 24.0 Å².